The van der Waals surface area contributed by atoms with Crippen molar-refractivity contribution in [3.8, 4) is 17.1 Å². The van der Waals surface area contributed by atoms with Crippen LogP contribution in [0, 0.1) is 13.8 Å². The second kappa shape index (κ2) is 8.02. The van der Waals surface area contributed by atoms with Crippen LogP contribution in [0.5, 0.6) is 5.75 Å². The number of aromatic nitrogens is 2. The molecule has 1 fully saturated rings. The number of likely N-dealkylation sites (tertiary alicyclic amines) is 1. The fraction of sp³-hybridized carbons (Fsp3) is 0.550. The minimum absolute atomic E-state index is 0.258. The lowest BCUT2D eigenvalue weighted by atomic mass is 10.0. The fourth-order valence-electron chi connectivity index (χ4n) is 3.79. The molecule has 1 aromatic carbocycles. The molecule has 2 heterocycles. The Morgan fingerprint density at radius 2 is 2.04 bits per heavy atom. The summed E-state index contributed by atoms with van der Waals surface area (Å²) in [5, 5.41) is 9.59. The number of hydrogen-bond acceptors (Lipinski definition) is 4. The molecule has 1 unspecified atom stereocenters. The van der Waals surface area contributed by atoms with Crippen molar-refractivity contribution in [2.45, 2.75) is 45.7 Å². The van der Waals surface area contributed by atoms with E-state index in [9.17, 15) is 5.11 Å². The van der Waals surface area contributed by atoms with Crippen LogP contribution in [0.1, 0.15) is 30.4 Å². The highest BCUT2D eigenvalue weighted by molar-refractivity contribution is 5.64. The van der Waals surface area contributed by atoms with Crippen molar-refractivity contribution in [1.29, 1.82) is 0 Å². The Hall–Kier alpha value is -1.85. The second-order valence-electron chi connectivity index (χ2n) is 6.88. The Kier molecular flexibility index (Phi) is 5.76. The highest BCUT2D eigenvalue weighted by Gasteiger charge is 2.21. The van der Waals surface area contributed by atoms with Gasteiger partial charge < -0.3 is 14.4 Å². The molecule has 0 aliphatic carbocycles. The molecule has 1 atom stereocenters. The zero-order valence-electron chi connectivity index (χ0n) is 15.5. The molecule has 136 valence electrons. The number of methoxy groups -OCH3 is 1. The highest BCUT2D eigenvalue weighted by atomic mass is 16.5. The first-order valence-electron chi connectivity index (χ1n) is 9.16. The molecule has 3 rings (SSSR count). The minimum Gasteiger partial charge on any atom is -0.496 e. The molecule has 0 radical (unpaired) electrons. The summed E-state index contributed by atoms with van der Waals surface area (Å²) in [6.45, 7) is 7.38. The zero-order valence-corrected chi connectivity index (χ0v) is 15.5. The molecule has 0 bridgehead atoms. The van der Waals surface area contributed by atoms with Gasteiger partial charge in [0.1, 0.15) is 11.6 Å². The maximum atomic E-state index is 9.59. The summed E-state index contributed by atoms with van der Waals surface area (Å²) < 4.78 is 7.64. The normalized spacial score (nSPS) is 18.5. The Balaban J connectivity index is 1.78. The van der Waals surface area contributed by atoms with Gasteiger partial charge in [-0.05, 0) is 56.5 Å². The predicted molar refractivity (Wildman–Crippen MR) is 100.0 cm³/mol. The molecular weight excluding hydrogens is 314 g/mol. The summed E-state index contributed by atoms with van der Waals surface area (Å²) in [4.78, 5) is 7.02. The third-order valence-corrected chi connectivity index (χ3v) is 5.50. The van der Waals surface area contributed by atoms with Gasteiger partial charge in [-0.1, -0.05) is 6.42 Å². The third kappa shape index (κ3) is 3.72. The third-order valence-electron chi connectivity index (χ3n) is 5.50. The van der Waals surface area contributed by atoms with Gasteiger partial charge in [0.05, 0.1) is 13.7 Å². The Bertz CT molecular complexity index is 711. The standard InChI is InChI=1S/C20H29N3O2/c1-15-16(2)19(25-3)8-7-18(15)20-21-9-11-23(20)13-12-22-10-5-4-6-17(22)14-24/h7-9,11,17,24H,4-6,10,12-14H2,1-3H3. The highest BCUT2D eigenvalue weighted by Crippen LogP contribution is 2.30. The van der Waals surface area contributed by atoms with E-state index in [1.54, 1.807) is 7.11 Å². The average molecular weight is 343 g/mol. The van der Waals surface area contributed by atoms with Gasteiger partial charge in [-0.3, -0.25) is 4.90 Å². The molecule has 0 saturated carbocycles. The van der Waals surface area contributed by atoms with Crippen molar-refractivity contribution in [2.75, 3.05) is 26.8 Å². The van der Waals surface area contributed by atoms with Gasteiger partial charge in [-0.2, -0.15) is 0 Å². The van der Waals surface area contributed by atoms with Crippen LogP contribution in [0.15, 0.2) is 24.5 Å². The van der Waals surface area contributed by atoms with E-state index in [4.69, 9.17) is 4.74 Å². The quantitative estimate of drug-likeness (QED) is 0.876. The lowest BCUT2D eigenvalue weighted by molar-refractivity contribution is 0.0873. The molecule has 5 nitrogen and oxygen atoms in total. The summed E-state index contributed by atoms with van der Waals surface area (Å²) in [5.74, 6) is 1.92. The van der Waals surface area contributed by atoms with Gasteiger partial charge in [0.2, 0.25) is 0 Å². The van der Waals surface area contributed by atoms with Crippen LogP contribution in [-0.4, -0.2) is 52.4 Å². The number of imidazole rings is 1. The van der Waals surface area contributed by atoms with Gasteiger partial charge in [-0.25, -0.2) is 4.98 Å². The molecule has 5 heteroatoms. The number of piperidine rings is 1. The number of ether oxygens (including phenoxy) is 1. The van der Waals surface area contributed by atoms with Crippen molar-refractivity contribution >= 4 is 0 Å². The second-order valence-corrected chi connectivity index (χ2v) is 6.88. The van der Waals surface area contributed by atoms with Gasteiger partial charge >= 0.3 is 0 Å². The smallest absolute Gasteiger partial charge is 0.140 e. The fourth-order valence-corrected chi connectivity index (χ4v) is 3.79. The van der Waals surface area contributed by atoms with Gasteiger partial charge in [0.15, 0.2) is 0 Å². The Morgan fingerprint density at radius 1 is 1.20 bits per heavy atom. The van der Waals surface area contributed by atoms with Crippen LogP contribution in [0.2, 0.25) is 0 Å². The van der Waals surface area contributed by atoms with Crippen molar-refractivity contribution in [2.24, 2.45) is 0 Å². The molecule has 1 aliphatic rings. The number of nitrogens with zero attached hydrogens (tertiary/aromatic N) is 3. The number of rotatable bonds is 6. The molecule has 1 aromatic heterocycles. The lowest BCUT2D eigenvalue weighted by Gasteiger charge is -2.34. The summed E-state index contributed by atoms with van der Waals surface area (Å²) in [6, 6.07) is 4.42. The Morgan fingerprint density at radius 3 is 2.80 bits per heavy atom. The van der Waals surface area contributed by atoms with Gasteiger partial charge in [-0.15, -0.1) is 0 Å². The number of benzene rings is 1. The van der Waals surface area contributed by atoms with Crippen molar-refractivity contribution in [1.82, 2.24) is 14.5 Å². The zero-order chi connectivity index (χ0) is 17.8. The molecular formula is C20H29N3O2. The molecule has 2 aromatic rings. The topological polar surface area (TPSA) is 50.5 Å². The van der Waals surface area contributed by atoms with Crippen LogP contribution < -0.4 is 4.74 Å². The van der Waals surface area contributed by atoms with Crippen LogP contribution in [0.3, 0.4) is 0 Å². The van der Waals surface area contributed by atoms with E-state index in [0.29, 0.717) is 6.04 Å². The van der Waals surface area contributed by atoms with E-state index in [2.05, 4.69) is 34.4 Å². The lowest BCUT2D eigenvalue weighted by Crippen LogP contribution is -2.43. The van der Waals surface area contributed by atoms with Crippen LogP contribution in [-0.2, 0) is 6.54 Å². The maximum Gasteiger partial charge on any atom is 0.140 e. The molecule has 25 heavy (non-hydrogen) atoms. The number of aliphatic hydroxyl groups excluding tert-OH is 1. The monoisotopic (exact) mass is 343 g/mol. The summed E-state index contributed by atoms with van der Waals surface area (Å²) in [5.41, 5.74) is 3.52. The van der Waals surface area contributed by atoms with E-state index in [0.717, 1.165) is 48.8 Å². The summed E-state index contributed by atoms with van der Waals surface area (Å²) >= 11 is 0. The van der Waals surface area contributed by atoms with E-state index in [1.165, 1.54) is 18.4 Å². The van der Waals surface area contributed by atoms with E-state index in [1.807, 2.05) is 18.5 Å². The van der Waals surface area contributed by atoms with Gasteiger partial charge in [0, 0.05) is 37.1 Å². The van der Waals surface area contributed by atoms with Crippen molar-refractivity contribution < 1.29 is 9.84 Å². The minimum atomic E-state index is 0.258. The molecule has 1 saturated heterocycles. The maximum absolute atomic E-state index is 9.59. The average Bonchev–Trinajstić information content (AvgIpc) is 3.10. The first kappa shape index (κ1) is 18.0. The van der Waals surface area contributed by atoms with Crippen LogP contribution >= 0.6 is 0 Å². The molecule has 1 N–H and O–H groups in total. The van der Waals surface area contributed by atoms with Crippen molar-refractivity contribution in [3.05, 3.63) is 35.7 Å². The molecule has 0 amide bonds. The van der Waals surface area contributed by atoms with E-state index >= 15 is 0 Å². The first-order valence-corrected chi connectivity index (χ1v) is 9.16. The summed E-state index contributed by atoms with van der Waals surface area (Å²) in [7, 11) is 1.71. The largest absolute Gasteiger partial charge is 0.496 e. The number of hydrogen-bond donors (Lipinski definition) is 1. The molecule has 0 spiro atoms. The van der Waals surface area contributed by atoms with Crippen molar-refractivity contribution in [3.63, 3.8) is 0 Å². The van der Waals surface area contributed by atoms with E-state index in [-0.39, 0.29) is 6.61 Å². The van der Waals surface area contributed by atoms with Crippen LogP contribution in [0.25, 0.3) is 11.4 Å². The predicted octanol–water partition coefficient (Wildman–Crippen LogP) is 3.02. The van der Waals surface area contributed by atoms with Gasteiger partial charge in [0.25, 0.3) is 0 Å². The summed E-state index contributed by atoms with van der Waals surface area (Å²) in [6.07, 6.45) is 7.47. The number of aliphatic hydroxyl groups is 1. The Labute approximate surface area is 150 Å². The first-order chi connectivity index (χ1) is 12.2. The molecule has 1 aliphatic heterocycles. The SMILES string of the molecule is COc1ccc(-c2nccn2CCN2CCCCC2CO)c(C)c1C. The van der Waals surface area contributed by atoms with E-state index < -0.39 is 0 Å². The van der Waals surface area contributed by atoms with Crippen LogP contribution in [0.4, 0.5) is 0 Å².